The van der Waals surface area contributed by atoms with Gasteiger partial charge < -0.3 is 5.11 Å². The highest BCUT2D eigenvalue weighted by molar-refractivity contribution is 6.33. The van der Waals surface area contributed by atoms with Crippen molar-refractivity contribution in [1.82, 2.24) is 14.6 Å². The summed E-state index contributed by atoms with van der Waals surface area (Å²) in [7, 11) is 0. The van der Waals surface area contributed by atoms with Crippen LogP contribution in [0.5, 0.6) is 0 Å². The molecule has 0 aliphatic heterocycles. The summed E-state index contributed by atoms with van der Waals surface area (Å²) in [5, 5.41) is 13.4. The van der Waals surface area contributed by atoms with Crippen molar-refractivity contribution in [3.05, 3.63) is 28.2 Å². The molecule has 0 aliphatic rings. The lowest BCUT2D eigenvalue weighted by atomic mass is 10.2. The van der Waals surface area contributed by atoms with Crippen LogP contribution in [0.3, 0.4) is 0 Å². The molecule has 0 aliphatic carbocycles. The maximum atomic E-state index is 11.0. The van der Waals surface area contributed by atoms with Gasteiger partial charge in [0.25, 0.3) is 0 Å². The van der Waals surface area contributed by atoms with Crippen LogP contribution in [-0.2, 0) is 0 Å². The number of carbonyl (C=O) groups is 1. The van der Waals surface area contributed by atoms with Crippen LogP contribution in [0.25, 0.3) is 5.65 Å². The quantitative estimate of drug-likeness (QED) is 0.802. The minimum atomic E-state index is -1.01. The number of aromatic nitrogens is 3. The average molecular weight is 226 g/mol. The fourth-order valence-electron chi connectivity index (χ4n) is 1.56. The molecule has 0 bridgehead atoms. The van der Waals surface area contributed by atoms with Gasteiger partial charge in [-0.1, -0.05) is 11.6 Å². The van der Waals surface area contributed by atoms with Gasteiger partial charge in [-0.05, 0) is 13.8 Å². The summed E-state index contributed by atoms with van der Waals surface area (Å²) in [5.41, 5.74) is 1.62. The Labute approximate surface area is 90.3 Å². The first-order valence-electron chi connectivity index (χ1n) is 4.26. The minimum absolute atomic E-state index is 0.169. The van der Waals surface area contributed by atoms with Gasteiger partial charge in [0.05, 0.1) is 17.6 Å². The van der Waals surface area contributed by atoms with Gasteiger partial charge in [-0.15, -0.1) is 0 Å². The van der Waals surface area contributed by atoms with Crippen molar-refractivity contribution in [2.75, 3.05) is 0 Å². The van der Waals surface area contributed by atoms with E-state index in [9.17, 15) is 4.79 Å². The Morgan fingerprint density at radius 2 is 2.20 bits per heavy atom. The van der Waals surface area contributed by atoms with Crippen molar-refractivity contribution in [2.45, 2.75) is 13.8 Å². The maximum Gasteiger partial charge on any atom is 0.339 e. The predicted molar refractivity (Wildman–Crippen MR) is 54.4 cm³/mol. The number of hydrogen-bond donors (Lipinski definition) is 1. The Morgan fingerprint density at radius 3 is 2.80 bits per heavy atom. The van der Waals surface area contributed by atoms with E-state index in [-0.39, 0.29) is 5.56 Å². The summed E-state index contributed by atoms with van der Waals surface area (Å²) in [6, 6.07) is 0. The van der Waals surface area contributed by atoms with Crippen molar-refractivity contribution in [3.63, 3.8) is 0 Å². The molecular weight excluding hydrogens is 218 g/mol. The van der Waals surface area contributed by atoms with E-state index in [4.69, 9.17) is 16.7 Å². The first-order chi connectivity index (χ1) is 7.02. The largest absolute Gasteiger partial charge is 0.478 e. The third-order valence-electron chi connectivity index (χ3n) is 2.23. The Bertz CT molecular complexity index is 562. The van der Waals surface area contributed by atoms with Gasteiger partial charge in [-0.25, -0.2) is 14.3 Å². The number of carboxylic acid groups (broad SMARTS) is 1. The summed E-state index contributed by atoms with van der Waals surface area (Å²) >= 11 is 5.86. The molecule has 0 amide bonds. The topological polar surface area (TPSA) is 67.5 Å². The predicted octanol–water partition coefficient (Wildman–Crippen LogP) is 1.70. The Hall–Kier alpha value is -1.62. The van der Waals surface area contributed by atoms with Crippen LogP contribution in [0.2, 0.25) is 5.02 Å². The molecule has 2 aromatic rings. The zero-order valence-corrected chi connectivity index (χ0v) is 8.91. The van der Waals surface area contributed by atoms with E-state index in [2.05, 4.69) is 10.1 Å². The number of aromatic carboxylic acids is 1. The molecule has 0 unspecified atom stereocenters. The van der Waals surface area contributed by atoms with Crippen LogP contribution in [0, 0.1) is 13.8 Å². The highest BCUT2D eigenvalue weighted by atomic mass is 35.5. The number of fused-ring (bicyclic) bond motifs is 1. The van der Waals surface area contributed by atoms with E-state index in [0.29, 0.717) is 22.1 Å². The number of rotatable bonds is 1. The summed E-state index contributed by atoms with van der Waals surface area (Å²) in [4.78, 5) is 15.1. The standard InChI is InChI=1S/C9H8ClN3O2/c1-4-7(9(14)15)5(2)13-8(12-4)6(10)3-11-13/h3H,1-2H3,(H,14,15). The van der Waals surface area contributed by atoms with Gasteiger partial charge >= 0.3 is 5.97 Å². The second kappa shape index (κ2) is 3.20. The molecule has 0 saturated carbocycles. The lowest BCUT2D eigenvalue weighted by molar-refractivity contribution is 0.0694. The van der Waals surface area contributed by atoms with Gasteiger partial charge in [0.15, 0.2) is 5.65 Å². The number of halogens is 1. The van der Waals surface area contributed by atoms with Crippen LogP contribution in [0.4, 0.5) is 0 Å². The minimum Gasteiger partial charge on any atom is -0.478 e. The number of aryl methyl sites for hydroxylation is 2. The Kier molecular flexibility index (Phi) is 2.12. The van der Waals surface area contributed by atoms with Gasteiger partial charge in [0.2, 0.25) is 0 Å². The summed E-state index contributed by atoms with van der Waals surface area (Å²) in [6.45, 7) is 3.31. The molecule has 6 heteroatoms. The molecule has 1 N–H and O–H groups in total. The number of carboxylic acids is 1. The molecule has 0 saturated heterocycles. The third kappa shape index (κ3) is 1.35. The molecule has 2 heterocycles. The lowest BCUT2D eigenvalue weighted by Gasteiger charge is -2.06. The number of nitrogens with zero attached hydrogens (tertiary/aromatic N) is 3. The molecule has 5 nitrogen and oxygen atoms in total. The second-order valence-corrected chi connectivity index (χ2v) is 3.60. The molecule has 0 atom stereocenters. The highest BCUT2D eigenvalue weighted by Crippen LogP contribution is 2.19. The fourth-order valence-corrected chi connectivity index (χ4v) is 1.73. The molecule has 0 fully saturated rings. The molecule has 0 aromatic carbocycles. The van der Waals surface area contributed by atoms with Crippen LogP contribution in [-0.4, -0.2) is 25.7 Å². The maximum absolute atomic E-state index is 11.0. The summed E-state index contributed by atoms with van der Waals surface area (Å²) < 4.78 is 1.43. The van der Waals surface area contributed by atoms with Crippen molar-refractivity contribution in [2.24, 2.45) is 0 Å². The molecule has 2 aromatic heterocycles. The summed E-state index contributed by atoms with van der Waals surface area (Å²) in [6.07, 6.45) is 1.45. The van der Waals surface area contributed by atoms with Crippen LogP contribution < -0.4 is 0 Å². The van der Waals surface area contributed by atoms with E-state index in [1.165, 1.54) is 10.7 Å². The Balaban J connectivity index is 2.91. The number of hydrogen-bond acceptors (Lipinski definition) is 3. The van der Waals surface area contributed by atoms with E-state index < -0.39 is 5.97 Å². The van der Waals surface area contributed by atoms with Gasteiger partial charge in [0, 0.05) is 0 Å². The van der Waals surface area contributed by atoms with Gasteiger partial charge in [0.1, 0.15) is 10.6 Å². The zero-order valence-electron chi connectivity index (χ0n) is 8.15. The third-order valence-corrected chi connectivity index (χ3v) is 2.50. The molecule has 15 heavy (non-hydrogen) atoms. The van der Waals surface area contributed by atoms with Gasteiger partial charge in [-0.2, -0.15) is 5.10 Å². The SMILES string of the molecule is Cc1nc2c(Cl)cnn2c(C)c1C(=O)O. The van der Waals surface area contributed by atoms with Crippen molar-refractivity contribution in [3.8, 4) is 0 Å². The van der Waals surface area contributed by atoms with Crippen molar-refractivity contribution >= 4 is 23.2 Å². The van der Waals surface area contributed by atoms with E-state index >= 15 is 0 Å². The molecule has 0 spiro atoms. The monoisotopic (exact) mass is 225 g/mol. The first-order valence-corrected chi connectivity index (χ1v) is 4.64. The molecule has 0 radical (unpaired) electrons. The van der Waals surface area contributed by atoms with E-state index in [0.717, 1.165) is 0 Å². The highest BCUT2D eigenvalue weighted by Gasteiger charge is 2.17. The van der Waals surface area contributed by atoms with E-state index in [1.807, 2.05) is 0 Å². The lowest BCUT2D eigenvalue weighted by Crippen LogP contribution is -2.10. The summed E-state index contributed by atoms with van der Waals surface area (Å²) in [5.74, 6) is -1.01. The second-order valence-electron chi connectivity index (χ2n) is 3.19. The molecular formula is C9H8ClN3O2. The normalized spacial score (nSPS) is 10.9. The van der Waals surface area contributed by atoms with Crippen molar-refractivity contribution in [1.29, 1.82) is 0 Å². The molecule has 78 valence electrons. The average Bonchev–Trinajstić information content (AvgIpc) is 2.47. The van der Waals surface area contributed by atoms with Gasteiger partial charge in [-0.3, -0.25) is 0 Å². The first kappa shape index (κ1) is 9.92. The van der Waals surface area contributed by atoms with Crippen LogP contribution >= 0.6 is 11.6 Å². The zero-order chi connectivity index (χ0) is 11.2. The van der Waals surface area contributed by atoms with E-state index in [1.54, 1.807) is 13.8 Å². The van der Waals surface area contributed by atoms with Crippen molar-refractivity contribution < 1.29 is 9.90 Å². The van der Waals surface area contributed by atoms with Crippen LogP contribution in [0.15, 0.2) is 6.20 Å². The Morgan fingerprint density at radius 1 is 1.53 bits per heavy atom. The molecule has 2 rings (SSSR count). The smallest absolute Gasteiger partial charge is 0.339 e. The fraction of sp³-hybridized carbons (Fsp3) is 0.222. The van der Waals surface area contributed by atoms with Crippen LogP contribution in [0.1, 0.15) is 21.7 Å².